The molecule has 0 N–H and O–H groups in total. The SMILES string of the molecule is c1ccc2c(c1)CC(n1ncnc1CCc1ccncc1)C2. The zero-order valence-electron chi connectivity index (χ0n) is 12.4. The van der Waals surface area contributed by atoms with Crippen LogP contribution in [0.5, 0.6) is 0 Å². The first-order valence-electron chi connectivity index (χ1n) is 7.74. The van der Waals surface area contributed by atoms with Crippen LogP contribution in [-0.4, -0.2) is 19.7 Å². The van der Waals surface area contributed by atoms with Gasteiger partial charge in [0.15, 0.2) is 0 Å². The van der Waals surface area contributed by atoms with Gasteiger partial charge in [-0.25, -0.2) is 9.67 Å². The van der Waals surface area contributed by atoms with E-state index >= 15 is 0 Å². The lowest BCUT2D eigenvalue weighted by Crippen LogP contribution is -2.15. The van der Waals surface area contributed by atoms with Gasteiger partial charge in [0.05, 0.1) is 6.04 Å². The molecule has 0 atom stereocenters. The van der Waals surface area contributed by atoms with Gasteiger partial charge in [-0.1, -0.05) is 24.3 Å². The molecule has 1 aliphatic rings. The Hall–Kier alpha value is -2.49. The van der Waals surface area contributed by atoms with Gasteiger partial charge in [-0.05, 0) is 48.1 Å². The Bertz CT molecular complexity index is 739. The van der Waals surface area contributed by atoms with Crippen molar-refractivity contribution in [1.29, 1.82) is 0 Å². The molecule has 0 bridgehead atoms. The lowest BCUT2D eigenvalue weighted by atomic mass is 10.1. The zero-order valence-corrected chi connectivity index (χ0v) is 12.4. The Kier molecular flexibility index (Phi) is 3.43. The van der Waals surface area contributed by atoms with Gasteiger partial charge in [0, 0.05) is 18.8 Å². The number of aryl methyl sites for hydroxylation is 2. The fourth-order valence-electron chi connectivity index (χ4n) is 3.27. The van der Waals surface area contributed by atoms with Crippen LogP contribution in [0.1, 0.15) is 28.6 Å². The lowest BCUT2D eigenvalue weighted by Gasteiger charge is -2.13. The Morgan fingerprint density at radius 3 is 2.41 bits per heavy atom. The zero-order chi connectivity index (χ0) is 14.8. The number of hydrogen-bond acceptors (Lipinski definition) is 3. The number of aromatic nitrogens is 4. The van der Waals surface area contributed by atoms with Gasteiger partial charge < -0.3 is 0 Å². The summed E-state index contributed by atoms with van der Waals surface area (Å²) in [6.45, 7) is 0. The van der Waals surface area contributed by atoms with Crippen LogP contribution in [0.15, 0.2) is 55.1 Å². The van der Waals surface area contributed by atoms with Gasteiger partial charge in [-0.15, -0.1) is 0 Å². The highest BCUT2D eigenvalue weighted by molar-refractivity contribution is 5.32. The van der Waals surface area contributed by atoms with E-state index in [0.29, 0.717) is 6.04 Å². The van der Waals surface area contributed by atoms with E-state index in [1.54, 1.807) is 6.33 Å². The molecule has 110 valence electrons. The second-order valence-electron chi connectivity index (χ2n) is 5.81. The molecule has 0 fully saturated rings. The van der Waals surface area contributed by atoms with Crippen LogP contribution < -0.4 is 0 Å². The molecule has 3 aromatic rings. The van der Waals surface area contributed by atoms with E-state index in [1.165, 1.54) is 16.7 Å². The van der Waals surface area contributed by atoms with E-state index in [4.69, 9.17) is 0 Å². The fraction of sp³-hybridized carbons (Fsp3) is 0.278. The van der Waals surface area contributed by atoms with E-state index in [0.717, 1.165) is 31.5 Å². The van der Waals surface area contributed by atoms with Crippen molar-refractivity contribution in [1.82, 2.24) is 19.7 Å². The summed E-state index contributed by atoms with van der Waals surface area (Å²) in [7, 11) is 0. The summed E-state index contributed by atoms with van der Waals surface area (Å²) in [6.07, 6.45) is 9.37. The highest BCUT2D eigenvalue weighted by Crippen LogP contribution is 2.30. The molecule has 0 spiro atoms. The van der Waals surface area contributed by atoms with Crippen LogP contribution in [0.25, 0.3) is 0 Å². The third-order valence-corrected chi connectivity index (χ3v) is 4.41. The smallest absolute Gasteiger partial charge is 0.138 e. The minimum atomic E-state index is 0.410. The number of hydrogen-bond donors (Lipinski definition) is 0. The molecule has 0 amide bonds. The van der Waals surface area contributed by atoms with Crippen molar-refractivity contribution in [3.05, 3.63) is 77.6 Å². The number of benzene rings is 1. The lowest BCUT2D eigenvalue weighted by molar-refractivity contribution is 0.454. The summed E-state index contributed by atoms with van der Waals surface area (Å²) in [6, 6.07) is 13.2. The molecule has 2 heterocycles. The second-order valence-corrected chi connectivity index (χ2v) is 5.81. The minimum absolute atomic E-state index is 0.410. The molecule has 22 heavy (non-hydrogen) atoms. The van der Waals surface area contributed by atoms with Gasteiger partial charge in [0.1, 0.15) is 12.2 Å². The minimum Gasteiger partial charge on any atom is -0.265 e. The van der Waals surface area contributed by atoms with Crippen LogP contribution in [0.3, 0.4) is 0 Å². The van der Waals surface area contributed by atoms with E-state index < -0.39 is 0 Å². The summed E-state index contributed by atoms with van der Waals surface area (Å²) < 4.78 is 2.13. The third kappa shape index (κ3) is 2.52. The molecule has 0 saturated carbocycles. The van der Waals surface area contributed by atoms with E-state index in [1.807, 2.05) is 12.4 Å². The Morgan fingerprint density at radius 1 is 0.955 bits per heavy atom. The summed E-state index contributed by atoms with van der Waals surface area (Å²) in [5.41, 5.74) is 4.19. The van der Waals surface area contributed by atoms with E-state index in [2.05, 4.69) is 56.1 Å². The molecule has 4 heteroatoms. The van der Waals surface area contributed by atoms with Crippen molar-refractivity contribution in [2.75, 3.05) is 0 Å². The summed E-state index contributed by atoms with van der Waals surface area (Å²) in [5, 5.41) is 4.49. The number of pyridine rings is 1. The third-order valence-electron chi connectivity index (χ3n) is 4.41. The first-order chi connectivity index (χ1) is 10.9. The van der Waals surface area contributed by atoms with Crippen molar-refractivity contribution >= 4 is 0 Å². The van der Waals surface area contributed by atoms with Crippen molar-refractivity contribution in [2.24, 2.45) is 0 Å². The van der Waals surface area contributed by atoms with E-state index in [-0.39, 0.29) is 0 Å². The fourth-order valence-corrected chi connectivity index (χ4v) is 3.27. The Morgan fingerprint density at radius 2 is 1.68 bits per heavy atom. The molecule has 1 aliphatic carbocycles. The van der Waals surface area contributed by atoms with Crippen LogP contribution in [0, 0.1) is 0 Å². The van der Waals surface area contributed by atoms with Gasteiger partial charge in [0.25, 0.3) is 0 Å². The maximum Gasteiger partial charge on any atom is 0.138 e. The topological polar surface area (TPSA) is 43.6 Å². The molecular weight excluding hydrogens is 272 g/mol. The van der Waals surface area contributed by atoms with Gasteiger partial charge >= 0.3 is 0 Å². The predicted molar refractivity (Wildman–Crippen MR) is 84.6 cm³/mol. The first-order valence-corrected chi connectivity index (χ1v) is 7.74. The molecule has 4 rings (SSSR count). The maximum absolute atomic E-state index is 4.49. The average Bonchev–Trinajstić information content (AvgIpc) is 3.20. The van der Waals surface area contributed by atoms with Crippen molar-refractivity contribution < 1.29 is 0 Å². The molecule has 1 aromatic carbocycles. The van der Waals surface area contributed by atoms with E-state index in [9.17, 15) is 0 Å². The summed E-state index contributed by atoms with van der Waals surface area (Å²) in [4.78, 5) is 8.54. The van der Waals surface area contributed by atoms with Crippen molar-refractivity contribution in [3.63, 3.8) is 0 Å². The second kappa shape index (κ2) is 5.72. The summed E-state index contributed by atoms with van der Waals surface area (Å²) >= 11 is 0. The van der Waals surface area contributed by atoms with Crippen LogP contribution in [0.2, 0.25) is 0 Å². The maximum atomic E-state index is 4.49. The van der Waals surface area contributed by atoms with Crippen LogP contribution in [0.4, 0.5) is 0 Å². The molecule has 0 saturated heterocycles. The highest BCUT2D eigenvalue weighted by Gasteiger charge is 2.24. The number of fused-ring (bicyclic) bond motifs is 1. The standard InChI is InChI=1S/C18H18N4/c1-2-4-16-12-17(11-15(16)3-1)22-18(20-13-21-22)6-5-14-7-9-19-10-8-14/h1-4,7-10,13,17H,5-6,11-12H2. The number of rotatable bonds is 4. The Labute approximate surface area is 129 Å². The van der Waals surface area contributed by atoms with Crippen LogP contribution in [-0.2, 0) is 25.7 Å². The normalized spacial score (nSPS) is 14.2. The quantitative estimate of drug-likeness (QED) is 0.742. The first kappa shape index (κ1) is 13.2. The van der Waals surface area contributed by atoms with Gasteiger partial charge in [0.2, 0.25) is 0 Å². The van der Waals surface area contributed by atoms with Gasteiger partial charge in [-0.2, -0.15) is 5.10 Å². The van der Waals surface area contributed by atoms with Crippen molar-refractivity contribution in [2.45, 2.75) is 31.7 Å². The summed E-state index contributed by atoms with van der Waals surface area (Å²) in [5.74, 6) is 1.08. The molecular formula is C18H18N4. The van der Waals surface area contributed by atoms with Crippen molar-refractivity contribution in [3.8, 4) is 0 Å². The monoisotopic (exact) mass is 290 g/mol. The van der Waals surface area contributed by atoms with Crippen LogP contribution >= 0.6 is 0 Å². The average molecular weight is 290 g/mol. The molecule has 0 aliphatic heterocycles. The molecule has 0 unspecified atom stereocenters. The molecule has 2 aromatic heterocycles. The molecule has 4 nitrogen and oxygen atoms in total. The largest absolute Gasteiger partial charge is 0.265 e. The van der Waals surface area contributed by atoms with Gasteiger partial charge in [-0.3, -0.25) is 4.98 Å². The Balaban J connectivity index is 1.50. The highest BCUT2D eigenvalue weighted by atomic mass is 15.3. The molecule has 0 radical (unpaired) electrons. The number of nitrogens with zero attached hydrogens (tertiary/aromatic N) is 4. The predicted octanol–water partition coefficient (Wildman–Crippen LogP) is 2.80.